The molecule has 0 fully saturated rings. The number of aliphatic carboxylic acids is 1. The Bertz CT molecular complexity index is 118. The van der Waals surface area contributed by atoms with E-state index in [-0.39, 0.29) is 6.42 Å². The van der Waals surface area contributed by atoms with Gasteiger partial charge in [-0.2, -0.15) is 0 Å². The van der Waals surface area contributed by atoms with Gasteiger partial charge < -0.3 is 5.11 Å². The molecule has 8 heavy (non-hydrogen) atoms. The number of carboxylic acid groups (broad SMARTS) is 1. The Morgan fingerprint density at radius 3 is 2.38 bits per heavy atom. The summed E-state index contributed by atoms with van der Waals surface area (Å²) < 4.78 is 0. The summed E-state index contributed by atoms with van der Waals surface area (Å²) in [6.07, 6.45) is 0.0521. The molecule has 0 radical (unpaired) electrons. The number of hydrogen-bond acceptors (Lipinski definition) is 2. The lowest BCUT2D eigenvalue weighted by Gasteiger charge is -1.88. The molecule has 0 spiro atoms. The van der Waals surface area contributed by atoms with Crippen molar-refractivity contribution in [2.75, 3.05) is 7.05 Å². The fourth-order valence-corrected chi connectivity index (χ4v) is 0.298. The van der Waals surface area contributed by atoms with Crippen LogP contribution in [0, 0.1) is 0 Å². The smallest absolute Gasteiger partial charge is 0.309 e. The van der Waals surface area contributed by atoms with E-state index in [4.69, 9.17) is 5.11 Å². The van der Waals surface area contributed by atoms with Crippen LogP contribution >= 0.6 is 0 Å². The standard InChI is InChI=1S/C5H9NO2/c1-4(6-2)3-5(7)8/h3H2,1-2H3,(H,7,8)/b6-4+. The van der Waals surface area contributed by atoms with Crippen molar-refractivity contribution in [2.24, 2.45) is 4.99 Å². The summed E-state index contributed by atoms with van der Waals surface area (Å²) in [6, 6.07) is 0. The largest absolute Gasteiger partial charge is 0.481 e. The molecule has 0 rings (SSSR count). The second-order valence-electron chi connectivity index (χ2n) is 1.53. The highest BCUT2D eigenvalue weighted by atomic mass is 16.4. The summed E-state index contributed by atoms with van der Waals surface area (Å²) in [6.45, 7) is 1.69. The van der Waals surface area contributed by atoms with Gasteiger partial charge in [0, 0.05) is 12.8 Å². The zero-order valence-electron chi connectivity index (χ0n) is 5.01. The van der Waals surface area contributed by atoms with Crippen molar-refractivity contribution >= 4 is 11.7 Å². The molecule has 0 heterocycles. The molecule has 0 aliphatic rings. The Hall–Kier alpha value is -0.860. The quantitative estimate of drug-likeness (QED) is 0.534. The second-order valence-corrected chi connectivity index (χ2v) is 1.53. The van der Waals surface area contributed by atoms with Crippen LogP contribution in [-0.2, 0) is 4.79 Å². The van der Waals surface area contributed by atoms with Crippen LogP contribution in [0.3, 0.4) is 0 Å². The van der Waals surface area contributed by atoms with Crippen LogP contribution in [0.15, 0.2) is 4.99 Å². The monoisotopic (exact) mass is 115 g/mol. The molecule has 0 unspecified atom stereocenters. The van der Waals surface area contributed by atoms with Gasteiger partial charge in [0.2, 0.25) is 0 Å². The predicted molar refractivity (Wildman–Crippen MR) is 31.3 cm³/mol. The minimum atomic E-state index is -0.826. The van der Waals surface area contributed by atoms with Crippen LogP contribution < -0.4 is 0 Å². The lowest BCUT2D eigenvalue weighted by atomic mass is 10.3. The van der Waals surface area contributed by atoms with Crippen molar-refractivity contribution in [3.8, 4) is 0 Å². The average molecular weight is 115 g/mol. The van der Waals surface area contributed by atoms with Gasteiger partial charge in [-0.15, -0.1) is 0 Å². The van der Waals surface area contributed by atoms with E-state index in [1.165, 1.54) is 0 Å². The first kappa shape index (κ1) is 7.14. The summed E-state index contributed by atoms with van der Waals surface area (Å²) in [4.78, 5) is 13.6. The second kappa shape index (κ2) is 3.18. The zero-order valence-corrected chi connectivity index (χ0v) is 5.01. The topological polar surface area (TPSA) is 49.7 Å². The Morgan fingerprint density at radius 2 is 2.25 bits per heavy atom. The van der Waals surface area contributed by atoms with Crippen molar-refractivity contribution in [2.45, 2.75) is 13.3 Å². The molecule has 3 nitrogen and oxygen atoms in total. The molecule has 0 saturated heterocycles. The van der Waals surface area contributed by atoms with E-state index in [1.54, 1.807) is 14.0 Å². The Kier molecular flexibility index (Phi) is 2.84. The van der Waals surface area contributed by atoms with Crippen LogP contribution in [-0.4, -0.2) is 23.8 Å². The molecule has 0 atom stereocenters. The Balaban J connectivity index is 3.56. The fraction of sp³-hybridized carbons (Fsp3) is 0.600. The number of hydrogen-bond donors (Lipinski definition) is 1. The molecule has 0 amide bonds. The van der Waals surface area contributed by atoms with Crippen LogP contribution in [0.2, 0.25) is 0 Å². The first-order valence-corrected chi connectivity index (χ1v) is 2.31. The van der Waals surface area contributed by atoms with Gasteiger partial charge in [0.1, 0.15) is 0 Å². The molecule has 0 saturated carbocycles. The molecule has 0 aliphatic heterocycles. The van der Waals surface area contributed by atoms with E-state index in [9.17, 15) is 4.79 Å². The summed E-state index contributed by atoms with van der Waals surface area (Å²) >= 11 is 0. The summed E-state index contributed by atoms with van der Waals surface area (Å²) in [5.74, 6) is -0.826. The van der Waals surface area contributed by atoms with Crippen LogP contribution in [0.5, 0.6) is 0 Å². The first-order valence-electron chi connectivity index (χ1n) is 2.31. The van der Waals surface area contributed by atoms with Crippen LogP contribution in [0.4, 0.5) is 0 Å². The van der Waals surface area contributed by atoms with Crippen molar-refractivity contribution in [3.05, 3.63) is 0 Å². The van der Waals surface area contributed by atoms with Gasteiger partial charge in [-0.05, 0) is 6.92 Å². The minimum Gasteiger partial charge on any atom is -0.481 e. The predicted octanol–water partition coefficient (Wildman–Crippen LogP) is 0.552. The zero-order chi connectivity index (χ0) is 6.57. The van der Waals surface area contributed by atoms with Gasteiger partial charge in [0.05, 0.1) is 6.42 Å². The fourth-order valence-electron chi connectivity index (χ4n) is 0.298. The number of aliphatic imine (C=N–C) groups is 1. The first-order chi connectivity index (χ1) is 3.66. The molecule has 1 N–H and O–H groups in total. The number of nitrogens with zero attached hydrogens (tertiary/aromatic N) is 1. The summed E-state index contributed by atoms with van der Waals surface area (Å²) in [7, 11) is 1.58. The molecule has 0 aromatic rings. The molecular weight excluding hydrogens is 106 g/mol. The van der Waals surface area contributed by atoms with E-state index in [0.29, 0.717) is 5.71 Å². The number of rotatable bonds is 2. The van der Waals surface area contributed by atoms with E-state index in [2.05, 4.69) is 4.99 Å². The molecule has 0 aromatic heterocycles. The third kappa shape index (κ3) is 3.33. The van der Waals surface area contributed by atoms with Crippen molar-refractivity contribution < 1.29 is 9.90 Å². The molecule has 46 valence electrons. The summed E-state index contributed by atoms with van der Waals surface area (Å²) in [5, 5.41) is 8.13. The van der Waals surface area contributed by atoms with E-state index < -0.39 is 5.97 Å². The lowest BCUT2D eigenvalue weighted by molar-refractivity contribution is -0.135. The van der Waals surface area contributed by atoms with Gasteiger partial charge >= 0.3 is 5.97 Å². The highest BCUT2D eigenvalue weighted by Crippen LogP contribution is 1.82. The lowest BCUT2D eigenvalue weighted by Crippen LogP contribution is -2.01. The van der Waals surface area contributed by atoms with Gasteiger partial charge in [0.25, 0.3) is 0 Å². The van der Waals surface area contributed by atoms with Crippen LogP contribution in [0.1, 0.15) is 13.3 Å². The normalized spacial score (nSPS) is 11.5. The Morgan fingerprint density at radius 1 is 1.75 bits per heavy atom. The number of carbonyl (C=O) groups is 1. The van der Waals surface area contributed by atoms with Gasteiger partial charge in [-0.1, -0.05) is 0 Å². The van der Waals surface area contributed by atoms with E-state index >= 15 is 0 Å². The van der Waals surface area contributed by atoms with Crippen molar-refractivity contribution in [3.63, 3.8) is 0 Å². The van der Waals surface area contributed by atoms with Crippen molar-refractivity contribution in [1.29, 1.82) is 0 Å². The molecule has 0 bridgehead atoms. The van der Waals surface area contributed by atoms with Gasteiger partial charge in [-0.25, -0.2) is 0 Å². The third-order valence-electron chi connectivity index (χ3n) is 0.789. The van der Waals surface area contributed by atoms with Gasteiger partial charge in [0.15, 0.2) is 0 Å². The number of carboxylic acids is 1. The maximum atomic E-state index is 9.89. The molecule has 0 aliphatic carbocycles. The van der Waals surface area contributed by atoms with E-state index in [1.807, 2.05) is 0 Å². The molecular formula is C5H9NO2. The summed E-state index contributed by atoms with van der Waals surface area (Å²) in [5.41, 5.74) is 0.650. The average Bonchev–Trinajstić information content (AvgIpc) is 1.65. The maximum Gasteiger partial charge on any atom is 0.309 e. The van der Waals surface area contributed by atoms with Crippen molar-refractivity contribution in [1.82, 2.24) is 0 Å². The maximum absolute atomic E-state index is 9.89. The minimum absolute atomic E-state index is 0.0521. The highest BCUT2D eigenvalue weighted by molar-refractivity contribution is 5.96. The Labute approximate surface area is 48.1 Å². The highest BCUT2D eigenvalue weighted by Gasteiger charge is 1.96. The van der Waals surface area contributed by atoms with Crippen LogP contribution in [0.25, 0.3) is 0 Å². The molecule has 3 heteroatoms. The molecule has 0 aromatic carbocycles. The van der Waals surface area contributed by atoms with E-state index in [0.717, 1.165) is 0 Å². The third-order valence-corrected chi connectivity index (χ3v) is 0.789. The SMILES string of the molecule is C/N=C(\C)CC(=O)O. The van der Waals surface area contributed by atoms with Gasteiger partial charge in [-0.3, -0.25) is 9.79 Å².